The molecule has 1 aromatic rings. The third-order valence-electron chi connectivity index (χ3n) is 4.39. The Labute approximate surface area is 134 Å². The number of carbonyl (C=O) groups is 1. The van der Waals surface area contributed by atoms with Gasteiger partial charge in [0, 0.05) is 0 Å². The molecule has 0 aliphatic heterocycles. The Morgan fingerprint density at radius 2 is 2.17 bits per heavy atom. The van der Waals surface area contributed by atoms with Gasteiger partial charge in [-0.2, -0.15) is 0 Å². The topological polar surface area (TPSA) is 58.6 Å². The van der Waals surface area contributed by atoms with Gasteiger partial charge in [0.25, 0.3) is 0 Å². The molecule has 3 atom stereocenters. The van der Waals surface area contributed by atoms with Crippen molar-refractivity contribution in [3.05, 3.63) is 35.9 Å². The number of hydrogen-bond acceptors (Lipinski definition) is 4. The van der Waals surface area contributed by atoms with Crippen molar-refractivity contribution >= 4 is 5.97 Å². The second-order valence-corrected chi connectivity index (χ2v) is 5.89. The van der Waals surface area contributed by atoms with Gasteiger partial charge in [0.2, 0.25) is 5.60 Å². The van der Waals surface area contributed by atoms with Crippen LogP contribution in [0.2, 0.25) is 0 Å². The molecule has 23 heavy (non-hydrogen) atoms. The third-order valence-corrected chi connectivity index (χ3v) is 4.39. The number of rotatable bonds is 7. The van der Waals surface area contributed by atoms with Crippen LogP contribution in [0.25, 0.3) is 0 Å². The van der Waals surface area contributed by atoms with Gasteiger partial charge in [0.15, 0.2) is 5.67 Å². The maximum atomic E-state index is 15.3. The standard InChI is InChI=1S/C17H23F2NO3/c1-20-11-6-12-23-15(21)17(22,13-7-3-2-4-8-13)16(19)10-5-9-14(16)18/h2-4,7-8,14,20,22H,5-6,9-12H2,1H3/t14?,16-,17+/m0/s1. The molecular formula is C17H23F2NO3. The molecule has 0 radical (unpaired) electrons. The summed E-state index contributed by atoms with van der Waals surface area (Å²) >= 11 is 0. The van der Waals surface area contributed by atoms with E-state index >= 15 is 4.39 Å². The molecule has 1 aliphatic rings. The molecule has 1 saturated carbocycles. The largest absolute Gasteiger partial charge is 0.463 e. The quantitative estimate of drug-likeness (QED) is 0.596. The molecule has 2 rings (SSSR count). The molecule has 0 saturated heterocycles. The lowest BCUT2D eigenvalue weighted by Gasteiger charge is -2.38. The molecule has 0 heterocycles. The highest BCUT2D eigenvalue weighted by Crippen LogP contribution is 2.49. The van der Waals surface area contributed by atoms with Gasteiger partial charge in [-0.1, -0.05) is 30.3 Å². The zero-order chi connectivity index (χ0) is 16.9. The molecule has 4 nitrogen and oxygen atoms in total. The second kappa shape index (κ2) is 7.36. The van der Waals surface area contributed by atoms with Crippen molar-refractivity contribution in [1.29, 1.82) is 0 Å². The van der Waals surface area contributed by atoms with Gasteiger partial charge in [0.05, 0.1) is 6.61 Å². The Bertz CT molecular complexity index is 528. The van der Waals surface area contributed by atoms with Crippen molar-refractivity contribution in [3.63, 3.8) is 0 Å². The van der Waals surface area contributed by atoms with E-state index in [0.29, 0.717) is 13.0 Å². The number of ether oxygens (including phenoxy) is 1. The van der Waals surface area contributed by atoms with Crippen LogP contribution in [0.15, 0.2) is 30.3 Å². The highest BCUT2D eigenvalue weighted by Gasteiger charge is 2.65. The van der Waals surface area contributed by atoms with Gasteiger partial charge in [0.1, 0.15) is 6.17 Å². The summed E-state index contributed by atoms with van der Waals surface area (Å²) in [5.41, 5.74) is -5.29. The van der Waals surface area contributed by atoms with Crippen LogP contribution < -0.4 is 5.32 Å². The van der Waals surface area contributed by atoms with Crippen LogP contribution in [0, 0.1) is 0 Å². The van der Waals surface area contributed by atoms with Gasteiger partial charge in [-0.05, 0) is 44.8 Å². The molecule has 0 spiro atoms. The summed E-state index contributed by atoms with van der Waals surface area (Å²) in [6.45, 7) is 0.644. The predicted molar refractivity (Wildman–Crippen MR) is 82.4 cm³/mol. The predicted octanol–water partition coefficient (Wildman–Crippen LogP) is 2.26. The van der Waals surface area contributed by atoms with Crippen LogP contribution in [-0.2, 0) is 15.1 Å². The molecule has 128 valence electrons. The van der Waals surface area contributed by atoms with Crippen molar-refractivity contribution in [2.75, 3.05) is 20.2 Å². The monoisotopic (exact) mass is 327 g/mol. The van der Waals surface area contributed by atoms with Crippen LogP contribution in [-0.4, -0.2) is 43.1 Å². The number of hydrogen-bond donors (Lipinski definition) is 2. The van der Waals surface area contributed by atoms with E-state index in [0.717, 1.165) is 0 Å². The zero-order valence-corrected chi connectivity index (χ0v) is 13.2. The summed E-state index contributed by atoms with van der Waals surface area (Å²) < 4.78 is 34.6. The highest BCUT2D eigenvalue weighted by atomic mass is 19.2. The van der Waals surface area contributed by atoms with Gasteiger partial charge in [-0.3, -0.25) is 0 Å². The van der Waals surface area contributed by atoms with Crippen LogP contribution in [0.3, 0.4) is 0 Å². The Morgan fingerprint density at radius 3 is 2.74 bits per heavy atom. The van der Waals surface area contributed by atoms with E-state index in [1.54, 1.807) is 25.2 Å². The minimum absolute atomic E-state index is 0.0152. The Morgan fingerprint density at radius 1 is 1.48 bits per heavy atom. The Kier molecular flexibility index (Phi) is 5.70. The smallest absolute Gasteiger partial charge is 0.346 e. The first kappa shape index (κ1) is 17.8. The average molecular weight is 327 g/mol. The lowest BCUT2D eigenvalue weighted by atomic mass is 9.77. The van der Waals surface area contributed by atoms with Crippen LogP contribution in [0.4, 0.5) is 8.78 Å². The lowest BCUT2D eigenvalue weighted by Crippen LogP contribution is -2.57. The summed E-state index contributed by atoms with van der Waals surface area (Å²) in [4.78, 5) is 12.5. The Hall–Kier alpha value is -1.53. The number of halogens is 2. The number of nitrogens with one attached hydrogen (secondary N) is 1. The molecule has 2 N–H and O–H groups in total. The van der Waals surface area contributed by atoms with Crippen molar-refractivity contribution in [2.24, 2.45) is 0 Å². The molecular weight excluding hydrogens is 304 g/mol. The van der Waals surface area contributed by atoms with Crippen LogP contribution >= 0.6 is 0 Å². The Balaban J connectivity index is 2.30. The van der Waals surface area contributed by atoms with E-state index in [2.05, 4.69) is 5.32 Å². The molecule has 0 aromatic heterocycles. The fourth-order valence-corrected chi connectivity index (χ4v) is 3.06. The number of esters is 1. The number of aliphatic hydroxyl groups is 1. The van der Waals surface area contributed by atoms with Crippen molar-refractivity contribution in [3.8, 4) is 0 Å². The summed E-state index contributed by atoms with van der Waals surface area (Å²) in [5, 5.41) is 13.8. The summed E-state index contributed by atoms with van der Waals surface area (Å²) in [6, 6.07) is 7.65. The second-order valence-electron chi connectivity index (χ2n) is 5.89. The van der Waals surface area contributed by atoms with E-state index in [9.17, 15) is 14.3 Å². The van der Waals surface area contributed by atoms with E-state index in [4.69, 9.17) is 4.74 Å². The van der Waals surface area contributed by atoms with Gasteiger partial charge >= 0.3 is 5.97 Å². The first-order valence-corrected chi connectivity index (χ1v) is 7.89. The molecule has 1 aliphatic carbocycles. The summed E-state index contributed by atoms with van der Waals surface area (Å²) in [5.74, 6) is -1.13. The molecule has 1 unspecified atom stereocenters. The maximum Gasteiger partial charge on any atom is 0.346 e. The first-order chi connectivity index (χ1) is 11.0. The van der Waals surface area contributed by atoms with Gasteiger partial charge in [-0.25, -0.2) is 13.6 Å². The molecule has 6 heteroatoms. The van der Waals surface area contributed by atoms with E-state index in [-0.39, 0.29) is 31.4 Å². The minimum Gasteiger partial charge on any atom is -0.463 e. The number of alkyl halides is 2. The zero-order valence-electron chi connectivity index (χ0n) is 13.2. The van der Waals surface area contributed by atoms with Crippen molar-refractivity contribution in [2.45, 2.75) is 43.1 Å². The van der Waals surface area contributed by atoms with E-state index in [1.165, 1.54) is 12.1 Å². The average Bonchev–Trinajstić information content (AvgIpc) is 2.92. The molecule has 0 amide bonds. The summed E-state index contributed by atoms with van der Waals surface area (Å²) in [6.07, 6.45) is -1.34. The number of benzene rings is 1. The van der Waals surface area contributed by atoms with E-state index in [1.807, 2.05) is 0 Å². The SMILES string of the molecule is CNCCCOC(=O)[C@](O)(c1ccccc1)[C@]1(F)CCCC1F. The number of carbonyl (C=O) groups excluding carboxylic acids is 1. The fourth-order valence-electron chi connectivity index (χ4n) is 3.06. The molecule has 1 fully saturated rings. The normalized spacial score (nSPS) is 26.7. The van der Waals surface area contributed by atoms with Crippen LogP contribution in [0.5, 0.6) is 0 Å². The van der Waals surface area contributed by atoms with Crippen LogP contribution in [0.1, 0.15) is 31.2 Å². The molecule has 0 bridgehead atoms. The maximum absolute atomic E-state index is 15.3. The summed E-state index contributed by atoms with van der Waals surface area (Å²) in [7, 11) is 1.75. The third kappa shape index (κ3) is 3.23. The molecule has 1 aromatic carbocycles. The van der Waals surface area contributed by atoms with Gasteiger partial charge < -0.3 is 15.2 Å². The van der Waals surface area contributed by atoms with Crippen molar-refractivity contribution in [1.82, 2.24) is 5.32 Å². The first-order valence-electron chi connectivity index (χ1n) is 7.89. The van der Waals surface area contributed by atoms with Crippen molar-refractivity contribution < 1.29 is 23.4 Å². The van der Waals surface area contributed by atoms with E-state index < -0.39 is 23.4 Å². The fraction of sp³-hybridized carbons (Fsp3) is 0.588. The minimum atomic E-state index is -2.67. The lowest BCUT2D eigenvalue weighted by molar-refractivity contribution is -0.194. The highest BCUT2D eigenvalue weighted by molar-refractivity contribution is 5.83. The van der Waals surface area contributed by atoms with Gasteiger partial charge in [-0.15, -0.1) is 0 Å².